The smallest absolute Gasteiger partial charge is 0.192 e. The van der Waals surface area contributed by atoms with Crippen molar-refractivity contribution in [3.05, 3.63) is 47.7 Å². The molecule has 0 bridgehead atoms. The maximum Gasteiger partial charge on any atom is 0.192 e. The number of aromatic nitrogens is 1. The highest BCUT2D eigenvalue weighted by atomic mass is 32.1. The lowest BCUT2D eigenvalue weighted by Crippen LogP contribution is -2.21. The summed E-state index contributed by atoms with van der Waals surface area (Å²) in [5.74, 6) is 0.700. The van der Waals surface area contributed by atoms with Crippen molar-refractivity contribution < 1.29 is 5.11 Å². The third kappa shape index (κ3) is 3.30. The number of hydrogen-bond donors (Lipinski definition) is 2. The third-order valence-electron chi connectivity index (χ3n) is 2.66. The standard InChI is InChI=1S/C14H16N2OS2/c1-2-16(13(17)8-9-18)14-15-12(10-19-14)11-6-4-3-5-7-11/h3-8,10,17-18H,2,9H2,1H3/b13-8-. The maximum atomic E-state index is 9.95. The molecular weight excluding hydrogens is 276 g/mol. The SMILES string of the molecule is CCN(/C(O)=C/CS)c1nc(-c2ccccc2)cs1. The number of benzene rings is 1. The molecule has 2 aromatic rings. The monoisotopic (exact) mass is 292 g/mol. The fourth-order valence-electron chi connectivity index (χ4n) is 1.72. The minimum Gasteiger partial charge on any atom is -0.495 e. The number of thiazole rings is 1. The molecule has 0 unspecified atom stereocenters. The summed E-state index contributed by atoms with van der Waals surface area (Å²) in [6, 6.07) is 10.0. The van der Waals surface area contributed by atoms with Gasteiger partial charge in [0, 0.05) is 23.2 Å². The second-order valence-corrected chi connectivity index (χ2v) is 5.07. The maximum absolute atomic E-state index is 9.95. The van der Waals surface area contributed by atoms with Crippen LogP contribution in [0.25, 0.3) is 11.3 Å². The van der Waals surface area contributed by atoms with E-state index in [9.17, 15) is 5.11 Å². The number of aliphatic hydroxyl groups is 1. The molecule has 100 valence electrons. The summed E-state index contributed by atoms with van der Waals surface area (Å²) in [4.78, 5) is 6.34. The van der Waals surface area contributed by atoms with Gasteiger partial charge in [0.05, 0.1) is 5.69 Å². The molecule has 0 aliphatic rings. The summed E-state index contributed by atoms with van der Waals surface area (Å²) in [5, 5.41) is 12.7. The first-order valence-corrected chi connectivity index (χ1v) is 7.56. The predicted molar refractivity (Wildman–Crippen MR) is 85.1 cm³/mol. The van der Waals surface area contributed by atoms with Crippen LogP contribution in [-0.4, -0.2) is 22.4 Å². The number of hydrogen-bond acceptors (Lipinski definition) is 5. The summed E-state index contributed by atoms with van der Waals surface area (Å²) in [7, 11) is 0. The number of rotatable bonds is 5. The molecule has 0 aliphatic carbocycles. The molecular formula is C14H16N2OS2. The van der Waals surface area contributed by atoms with Crippen LogP contribution in [0.15, 0.2) is 47.7 Å². The van der Waals surface area contributed by atoms with E-state index in [0.717, 1.165) is 16.4 Å². The lowest BCUT2D eigenvalue weighted by molar-refractivity contribution is 0.390. The molecule has 1 N–H and O–H groups in total. The second-order valence-electron chi connectivity index (χ2n) is 3.87. The summed E-state index contributed by atoms with van der Waals surface area (Å²) < 4.78 is 0. The van der Waals surface area contributed by atoms with Crippen LogP contribution in [0, 0.1) is 0 Å². The van der Waals surface area contributed by atoms with E-state index in [-0.39, 0.29) is 5.88 Å². The molecule has 0 amide bonds. The van der Waals surface area contributed by atoms with Crippen LogP contribution in [0.2, 0.25) is 0 Å². The predicted octanol–water partition coefficient (Wildman–Crippen LogP) is 3.97. The minimum atomic E-state index is 0.200. The van der Waals surface area contributed by atoms with Gasteiger partial charge in [-0.15, -0.1) is 11.3 Å². The highest BCUT2D eigenvalue weighted by Crippen LogP contribution is 2.28. The molecule has 1 aromatic heterocycles. The molecule has 0 aliphatic heterocycles. The molecule has 3 nitrogen and oxygen atoms in total. The Morgan fingerprint density at radius 3 is 2.79 bits per heavy atom. The van der Waals surface area contributed by atoms with Gasteiger partial charge in [-0.2, -0.15) is 12.6 Å². The van der Waals surface area contributed by atoms with Crippen molar-refractivity contribution in [2.75, 3.05) is 17.2 Å². The average molecular weight is 292 g/mol. The summed E-state index contributed by atoms with van der Waals surface area (Å²) in [6.07, 6.45) is 1.66. The lowest BCUT2D eigenvalue weighted by atomic mass is 10.2. The number of aliphatic hydroxyl groups excluding tert-OH is 1. The number of nitrogens with zero attached hydrogens (tertiary/aromatic N) is 2. The van der Waals surface area contributed by atoms with Gasteiger partial charge in [-0.1, -0.05) is 30.3 Å². The van der Waals surface area contributed by atoms with E-state index in [2.05, 4.69) is 17.6 Å². The molecule has 0 saturated carbocycles. The van der Waals surface area contributed by atoms with Crippen LogP contribution >= 0.6 is 24.0 Å². The molecule has 0 radical (unpaired) electrons. The van der Waals surface area contributed by atoms with Crippen molar-refractivity contribution in [1.29, 1.82) is 0 Å². The Morgan fingerprint density at radius 2 is 2.16 bits per heavy atom. The number of anilines is 1. The van der Waals surface area contributed by atoms with Crippen molar-refractivity contribution in [2.45, 2.75) is 6.92 Å². The summed E-state index contributed by atoms with van der Waals surface area (Å²) in [5.41, 5.74) is 2.01. The fourth-order valence-corrected chi connectivity index (χ4v) is 2.79. The third-order valence-corrected chi connectivity index (χ3v) is 3.71. The van der Waals surface area contributed by atoms with Crippen LogP contribution in [-0.2, 0) is 0 Å². The zero-order valence-electron chi connectivity index (χ0n) is 10.7. The Labute approximate surface area is 122 Å². The fraction of sp³-hybridized carbons (Fsp3) is 0.214. The van der Waals surface area contributed by atoms with Gasteiger partial charge in [-0.25, -0.2) is 4.98 Å². The quantitative estimate of drug-likeness (QED) is 0.647. The molecule has 1 heterocycles. The molecule has 5 heteroatoms. The molecule has 1 aromatic carbocycles. The van der Waals surface area contributed by atoms with Gasteiger partial charge in [0.1, 0.15) is 0 Å². The lowest BCUT2D eigenvalue weighted by Gasteiger charge is -2.18. The van der Waals surface area contributed by atoms with Crippen molar-refractivity contribution in [1.82, 2.24) is 4.98 Å². The van der Waals surface area contributed by atoms with Crippen molar-refractivity contribution in [2.24, 2.45) is 0 Å². The van der Waals surface area contributed by atoms with E-state index >= 15 is 0 Å². The van der Waals surface area contributed by atoms with Gasteiger partial charge < -0.3 is 5.11 Å². The normalized spacial score (nSPS) is 11.6. The Bertz CT molecular complexity index is 552. The van der Waals surface area contributed by atoms with Gasteiger partial charge >= 0.3 is 0 Å². The second kappa shape index (κ2) is 6.63. The van der Waals surface area contributed by atoms with E-state index in [1.54, 1.807) is 11.0 Å². The molecule has 0 saturated heterocycles. The van der Waals surface area contributed by atoms with Crippen molar-refractivity contribution in [3.63, 3.8) is 0 Å². The van der Waals surface area contributed by atoms with Gasteiger partial charge in [-0.05, 0) is 13.0 Å². The zero-order valence-corrected chi connectivity index (χ0v) is 12.4. The van der Waals surface area contributed by atoms with Crippen molar-refractivity contribution >= 4 is 29.1 Å². The molecule has 0 fully saturated rings. The van der Waals surface area contributed by atoms with Crippen LogP contribution in [0.4, 0.5) is 5.13 Å². The van der Waals surface area contributed by atoms with Crippen molar-refractivity contribution in [3.8, 4) is 11.3 Å². The first-order chi connectivity index (χ1) is 9.26. The topological polar surface area (TPSA) is 36.4 Å². The molecule has 0 atom stereocenters. The molecule has 0 spiro atoms. The van der Waals surface area contributed by atoms with Gasteiger partial charge in [-0.3, -0.25) is 4.90 Å². The number of thiol groups is 1. The Hall–Kier alpha value is -1.46. The van der Waals surface area contributed by atoms with Crippen LogP contribution in [0.1, 0.15) is 6.92 Å². The van der Waals surface area contributed by atoms with Crippen LogP contribution in [0.3, 0.4) is 0 Å². The molecule has 2 rings (SSSR count). The van der Waals surface area contributed by atoms with Gasteiger partial charge in [0.25, 0.3) is 0 Å². The minimum absolute atomic E-state index is 0.200. The van der Waals surface area contributed by atoms with E-state index in [0.29, 0.717) is 12.3 Å². The average Bonchev–Trinajstić information content (AvgIpc) is 2.90. The van der Waals surface area contributed by atoms with E-state index in [4.69, 9.17) is 0 Å². The van der Waals surface area contributed by atoms with Gasteiger partial charge in [0.15, 0.2) is 11.0 Å². The summed E-state index contributed by atoms with van der Waals surface area (Å²) in [6.45, 7) is 2.64. The Balaban J connectivity index is 2.27. The highest BCUT2D eigenvalue weighted by molar-refractivity contribution is 7.80. The molecule has 19 heavy (non-hydrogen) atoms. The largest absolute Gasteiger partial charge is 0.495 e. The first-order valence-electron chi connectivity index (χ1n) is 6.04. The van der Waals surface area contributed by atoms with Crippen LogP contribution < -0.4 is 4.90 Å². The summed E-state index contributed by atoms with van der Waals surface area (Å²) >= 11 is 5.61. The van der Waals surface area contributed by atoms with E-state index in [1.165, 1.54) is 11.3 Å². The van der Waals surface area contributed by atoms with E-state index in [1.807, 2.05) is 42.6 Å². The van der Waals surface area contributed by atoms with Gasteiger partial charge in [0.2, 0.25) is 0 Å². The Morgan fingerprint density at radius 1 is 1.42 bits per heavy atom. The highest BCUT2D eigenvalue weighted by Gasteiger charge is 2.13. The van der Waals surface area contributed by atoms with Crippen LogP contribution in [0.5, 0.6) is 0 Å². The van der Waals surface area contributed by atoms with E-state index < -0.39 is 0 Å². The first kappa shape index (κ1) is 14.0. The zero-order chi connectivity index (χ0) is 13.7. The Kier molecular flexibility index (Phi) is 4.87.